The summed E-state index contributed by atoms with van der Waals surface area (Å²) in [5.74, 6) is 0.492. The number of hydrogen-bond donors (Lipinski definition) is 1. The topological polar surface area (TPSA) is 51.0 Å². The third kappa shape index (κ3) is 3.35. The maximum atomic E-state index is 13.2. The van der Waals surface area contributed by atoms with Crippen LogP contribution in [0.5, 0.6) is 0 Å². The van der Waals surface area contributed by atoms with Crippen molar-refractivity contribution >= 4 is 22.9 Å². The van der Waals surface area contributed by atoms with E-state index in [0.29, 0.717) is 23.8 Å². The molecule has 22 heavy (non-hydrogen) atoms. The van der Waals surface area contributed by atoms with Crippen LogP contribution in [0.1, 0.15) is 23.7 Å². The van der Waals surface area contributed by atoms with Gasteiger partial charge in [-0.05, 0) is 30.5 Å². The average molecular weight is 338 g/mol. The lowest BCUT2D eigenvalue weighted by Crippen LogP contribution is -2.17. The minimum atomic E-state index is -0.331. The molecule has 0 aliphatic rings. The van der Waals surface area contributed by atoms with Crippen LogP contribution in [-0.4, -0.2) is 10.1 Å². The van der Waals surface area contributed by atoms with E-state index in [4.69, 9.17) is 16.1 Å². The lowest BCUT2D eigenvalue weighted by atomic mass is 10.2. The van der Waals surface area contributed by atoms with Crippen molar-refractivity contribution in [2.45, 2.75) is 19.5 Å². The van der Waals surface area contributed by atoms with Crippen molar-refractivity contribution in [3.63, 3.8) is 0 Å². The molecule has 0 amide bonds. The first-order valence-corrected chi connectivity index (χ1v) is 7.94. The molecule has 114 valence electrons. The van der Waals surface area contributed by atoms with Crippen LogP contribution >= 0.6 is 22.9 Å². The monoisotopic (exact) mass is 337 g/mol. The molecule has 0 saturated heterocycles. The van der Waals surface area contributed by atoms with Crippen LogP contribution in [0.25, 0.3) is 11.4 Å². The van der Waals surface area contributed by atoms with Gasteiger partial charge in [0.05, 0.1) is 11.1 Å². The van der Waals surface area contributed by atoms with Crippen molar-refractivity contribution < 1.29 is 8.91 Å². The van der Waals surface area contributed by atoms with Gasteiger partial charge in [0.2, 0.25) is 11.7 Å². The molecule has 0 saturated carbocycles. The number of aromatic nitrogens is 2. The fraction of sp³-hybridized carbons (Fsp3) is 0.200. The second-order valence-corrected chi connectivity index (χ2v) is 6.17. The molecule has 3 aromatic rings. The van der Waals surface area contributed by atoms with Crippen molar-refractivity contribution in [3.05, 3.63) is 57.3 Å². The smallest absolute Gasteiger partial charge is 0.243 e. The minimum Gasteiger partial charge on any atom is -0.337 e. The highest BCUT2D eigenvalue weighted by Crippen LogP contribution is 2.23. The zero-order valence-electron chi connectivity index (χ0n) is 11.7. The largest absolute Gasteiger partial charge is 0.337 e. The summed E-state index contributed by atoms with van der Waals surface area (Å²) in [7, 11) is 0. The Morgan fingerprint density at radius 1 is 1.41 bits per heavy atom. The predicted molar refractivity (Wildman–Crippen MR) is 84.3 cm³/mol. The van der Waals surface area contributed by atoms with Crippen molar-refractivity contribution in [2.75, 3.05) is 0 Å². The number of halogens is 2. The molecule has 1 aromatic carbocycles. The first kappa shape index (κ1) is 15.1. The molecule has 0 aliphatic heterocycles. The normalized spacial score (nSPS) is 12.5. The Morgan fingerprint density at radius 3 is 3.00 bits per heavy atom. The molecule has 2 aromatic heterocycles. The molecule has 0 radical (unpaired) electrons. The molecular weight excluding hydrogens is 325 g/mol. The average Bonchev–Trinajstić information content (AvgIpc) is 3.14. The second kappa shape index (κ2) is 6.56. The van der Waals surface area contributed by atoms with Crippen molar-refractivity contribution in [2.24, 2.45) is 0 Å². The van der Waals surface area contributed by atoms with Crippen molar-refractivity contribution in [3.8, 4) is 11.4 Å². The Hall–Kier alpha value is -1.76. The predicted octanol–water partition coefficient (Wildman–Crippen LogP) is 4.44. The summed E-state index contributed by atoms with van der Waals surface area (Å²) in [4.78, 5) is 5.36. The molecule has 0 bridgehead atoms. The number of rotatable bonds is 5. The van der Waals surface area contributed by atoms with Gasteiger partial charge in [-0.25, -0.2) is 4.39 Å². The number of thiophene rings is 1. The molecule has 3 rings (SSSR count). The standard InChI is InChI=1S/C15H13ClFN3OS/c1-9(18-8-13-12(16)5-6-22-13)15-19-14(20-21-15)10-3-2-4-11(17)7-10/h2-7,9,18H,8H2,1H3/t9-/m0/s1. The highest BCUT2D eigenvalue weighted by Gasteiger charge is 2.15. The summed E-state index contributed by atoms with van der Waals surface area (Å²) in [6.07, 6.45) is 0. The molecule has 1 atom stereocenters. The van der Waals surface area contributed by atoms with Gasteiger partial charge in [0.15, 0.2) is 0 Å². The van der Waals surface area contributed by atoms with Gasteiger partial charge in [0, 0.05) is 17.0 Å². The highest BCUT2D eigenvalue weighted by atomic mass is 35.5. The summed E-state index contributed by atoms with van der Waals surface area (Å²) < 4.78 is 18.5. The molecule has 7 heteroatoms. The van der Waals surface area contributed by atoms with E-state index in [1.54, 1.807) is 23.5 Å². The van der Waals surface area contributed by atoms with E-state index < -0.39 is 0 Å². The Balaban J connectivity index is 1.69. The van der Waals surface area contributed by atoms with Crippen LogP contribution in [0.4, 0.5) is 4.39 Å². The molecular formula is C15H13ClFN3OS. The number of hydrogen-bond acceptors (Lipinski definition) is 5. The zero-order valence-corrected chi connectivity index (χ0v) is 13.3. The molecule has 0 aliphatic carbocycles. The summed E-state index contributed by atoms with van der Waals surface area (Å²) in [5.41, 5.74) is 0.587. The second-order valence-electron chi connectivity index (χ2n) is 4.76. The number of nitrogens with zero attached hydrogens (tertiary/aromatic N) is 2. The summed E-state index contributed by atoms with van der Waals surface area (Å²) in [6.45, 7) is 2.54. The number of nitrogens with one attached hydrogen (secondary N) is 1. The summed E-state index contributed by atoms with van der Waals surface area (Å²) in [5, 5.41) is 9.86. The Bertz CT molecular complexity index is 774. The van der Waals surface area contributed by atoms with Gasteiger partial charge < -0.3 is 9.84 Å². The van der Waals surface area contributed by atoms with Gasteiger partial charge in [-0.3, -0.25) is 0 Å². The van der Waals surface area contributed by atoms with E-state index in [1.165, 1.54) is 12.1 Å². The van der Waals surface area contributed by atoms with E-state index in [2.05, 4.69) is 15.5 Å². The molecule has 1 N–H and O–H groups in total. The van der Waals surface area contributed by atoms with Crippen LogP contribution in [0.15, 0.2) is 40.2 Å². The lowest BCUT2D eigenvalue weighted by molar-refractivity contribution is 0.339. The Morgan fingerprint density at radius 2 is 2.27 bits per heavy atom. The molecule has 0 unspecified atom stereocenters. The summed E-state index contributed by atoms with van der Waals surface area (Å²) >= 11 is 7.64. The van der Waals surface area contributed by atoms with E-state index in [9.17, 15) is 4.39 Å². The quantitative estimate of drug-likeness (QED) is 0.747. The van der Waals surface area contributed by atoms with Crippen LogP contribution in [0, 0.1) is 5.82 Å². The van der Waals surface area contributed by atoms with E-state index >= 15 is 0 Å². The van der Waals surface area contributed by atoms with Crippen LogP contribution in [-0.2, 0) is 6.54 Å². The Kier molecular flexibility index (Phi) is 4.52. The summed E-state index contributed by atoms with van der Waals surface area (Å²) in [6, 6.07) is 7.83. The van der Waals surface area contributed by atoms with Gasteiger partial charge >= 0.3 is 0 Å². The van der Waals surface area contributed by atoms with Crippen molar-refractivity contribution in [1.82, 2.24) is 15.5 Å². The maximum absolute atomic E-state index is 13.2. The van der Waals surface area contributed by atoms with Crippen LogP contribution in [0.3, 0.4) is 0 Å². The van der Waals surface area contributed by atoms with Crippen LogP contribution < -0.4 is 5.32 Å². The van der Waals surface area contributed by atoms with Gasteiger partial charge in [-0.1, -0.05) is 28.9 Å². The van der Waals surface area contributed by atoms with E-state index in [0.717, 1.165) is 9.90 Å². The van der Waals surface area contributed by atoms with Gasteiger partial charge in [-0.15, -0.1) is 11.3 Å². The SMILES string of the molecule is C[C@H](NCc1sccc1Cl)c1nc(-c2cccc(F)c2)no1. The fourth-order valence-corrected chi connectivity index (χ4v) is 2.99. The first-order chi connectivity index (χ1) is 10.6. The first-order valence-electron chi connectivity index (χ1n) is 6.68. The maximum Gasteiger partial charge on any atom is 0.243 e. The minimum absolute atomic E-state index is 0.132. The molecule has 4 nitrogen and oxygen atoms in total. The van der Waals surface area contributed by atoms with Crippen molar-refractivity contribution in [1.29, 1.82) is 0 Å². The highest BCUT2D eigenvalue weighted by molar-refractivity contribution is 7.10. The third-order valence-electron chi connectivity index (χ3n) is 3.15. The van der Waals surface area contributed by atoms with Gasteiger partial charge in [0.25, 0.3) is 0 Å². The fourth-order valence-electron chi connectivity index (χ4n) is 1.94. The Labute approximate surface area is 135 Å². The molecule has 0 spiro atoms. The molecule has 2 heterocycles. The number of benzene rings is 1. The zero-order chi connectivity index (χ0) is 15.5. The molecule has 0 fully saturated rings. The third-order valence-corrected chi connectivity index (χ3v) is 4.54. The van der Waals surface area contributed by atoms with Crippen LogP contribution in [0.2, 0.25) is 5.02 Å². The van der Waals surface area contributed by atoms with Gasteiger partial charge in [0.1, 0.15) is 5.82 Å². The van der Waals surface area contributed by atoms with E-state index in [-0.39, 0.29) is 11.9 Å². The lowest BCUT2D eigenvalue weighted by Gasteiger charge is -2.08. The van der Waals surface area contributed by atoms with E-state index in [1.807, 2.05) is 18.4 Å². The van der Waals surface area contributed by atoms with Gasteiger partial charge in [-0.2, -0.15) is 4.98 Å².